The Morgan fingerprint density at radius 3 is 2.60 bits per heavy atom. The first-order valence-corrected chi connectivity index (χ1v) is 5.59. The second-order valence-corrected chi connectivity index (χ2v) is 4.93. The standard InChI is InChI=1S/C11H22N2O2/c1-4-8(2)9(12)10(14)13-5-11(3)6-15-7-11/h8-9H,4-7,12H2,1-3H3,(H,13,14)/t8?,9-/m0/s1. The number of rotatable bonds is 5. The summed E-state index contributed by atoms with van der Waals surface area (Å²) in [6, 6.07) is -0.389. The Balaban J connectivity index is 2.29. The van der Waals surface area contributed by atoms with Gasteiger partial charge in [-0.2, -0.15) is 0 Å². The third-order valence-corrected chi connectivity index (χ3v) is 3.15. The topological polar surface area (TPSA) is 64.4 Å². The molecule has 0 aromatic rings. The summed E-state index contributed by atoms with van der Waals surface area (Å²) in [6.45, 7) is 8.26. The number of ether oxygens (including phenoxy) is 1. The Bertz CT molecular complexity index is 227. The maximum absolute atomic E-state index is 11.7. The van der Waals surface area contributed by atoms with Gasteiger partial charge in [-0.1, -0.05) is 27.2 Å². The minimum absolute atomic E-state index is 0.0440. The highest BCUT2D eigenvalue weighted by molar-refractivity contribution is 5.81. The second-order valence-electron chi connectivity index (χ2n) is 4.93. The van der Waals surface area contributed by atoms with E-state index >= 15 is 0 Å². The molecule has 1 fully saturated rings. The molecule has 4 nitrogen and oxygen atoms in total. The van der Waals surface area contributed by atoms with Gasteiger partial charge in [-0.25, -0.2) is 0 Å². The highest BCUT2D eigenvalue weighted by atomic mass is 16.5. The molecule has 15 heavy (non-hydrogen) atoms. The van der Waals surface area contributed by atoms with E-state index in [-0.39, 0.29) is 23.3 Å². The highest BCUT2D eigenvalue weighted by Crippen LogP contribution is 2.25. The Hall–Kier alpha value is -0.610. The second kappa shape index (κ2) is 4.94. The SMILES string of the molecule is CCC(C)[C@H](N)C(=O)NCC1(C)COC1. The summed E-state index contributed by atoms with van der Waals surface area (Å²) < 4.78 is 5.12. The molecule has 0 bridgehead atoms. The minimum Gasteiger partial charge on any atom is -0.380 e. The van der Waals surface area contributed by atoms with Crippen molar-refractivity contribution in [1.29, 1.82) is 0 Å². The van der Waals surface area contributed by atoms with Crippen LogP contribution in [0.3, 0.4) is 0 Å². The lowest BCUT2D eigenvalue weighted by Gasteiger charge is -2.38. The molecule has 1 saturated heterocycles. The zero-order chi connectivity index (χ0) is 11.5. The maximum atomic E-state index is 11.7. The largest absolute Gasteiger partial charge is 0.380 e. The van der Waals surface area contributed by atoms with Crippen molar-refractivity contribution in [3.8, 4) is 0 Å². The number of carbonyl (C=O) groups excluding carboxylic acids is 1. The first-order valence-electron chi connectivity index (χ1n) is 5.59. The van der Waals surface area contributed by atoms with E-state index in [1.165, 1.54) is 0 Å². The molecule has 1 amide bonds. The van der Waals surface area contributed by atoms with E-state index in [9.17, 15) is 4.79 Å². The van der Waals surface area contributed by atoms with E-state index in [0.717, 1.165) is 19.6 Å². The zero-order valence-corrected chi connectivity index (χ0v) is 9.88. The van der Waals surface area contributed by atoms with Crippen LogP contribution in [0.1, 0.15) is 27.2 Å². The molecule has 1 aliphatic rings. The lowest BCUT2D eigenvalue weighted by molar-refractivity contribution is -0.128. The molecule has 1 aliphatic heterocycles. The van der Waals surface area contributed by atoms with E-state index in [1.54, 1.807) is 0 Å². The van der Waals surface area contributed by atoms with Crippen molar-refractivity contribution in [1.82, 2.24) is 5.32 Å². The lowest BCUT2D eigenvalue weighted by Crippen LogP contribution is -2.52. The number of nitrogens with one attached hydrogen (secondary N) is 1. The van der Waals surface area contributed by atoms with E-state index in [2.05, 4.69) is 12.2 Å². The summed E-state index contributed by atoms with van der Waals surface area (Å²) >= 11 is 0. The average molecular weight is 214 g/mol. The summed E-state index contributed by atoms with van der Waals surface area (Å²) in [5.74, 6) is 0.188. The van der Waals surface area contributed by atoms with Crippen molar-refractivity contribution in [2.45, 2.75) is 33.2 Å². The van der Waals surface area contributed by atoms with E-state index in [4.69, 9.17) is 10.5 Å². The van der Waals surface area contributed by atoms with Gasteiger partial charge in [0.05, 0.1) is 19.3 Å². The molecule has 2 atom stereocenters. The molecule has 0 aromatic heterocycles. The van der Waals surface area contributed by atoms with Gasteiger partial charge in [0.2, 0.25) is 5.91 Å². The minimum atomic E-state index is -0.389. The Morgan fingerprint density at radius 2 is 2.20 bits per heavy atom. The van der Waals surface area contributed by atoms with Crippen LogP contribution in [0.25, 0.3) is 0 Å². The van der Waals surface area contributed by atoms with Gasteiger partial charge in [0.15, 0.2) is 0 Å². The Morgan fingerprint density at radius 1 is 1.60 bits per heavy atom. The number of carbonyl (C=O) groups is 1. The molecule has 1 unspecified atom stereocenters. The first kappa shape index (κ1) is 12.5. The molecular formula is C11H22N2O2. The van der Waals surface area contributed by atoms with E-state index < -0.39 is 0 Å². The van der Waals surface area contributed by atoms with Gasteiger partial charge in [0, 0.05) is 12.0 Å². The maximum Gasteiger partial charge on any atom is 0.237 e. The first-order chi connectivity index (χ1) is 6.98. The van der Waals surface area contributed by atoms with Crippen LogP contribution in [-0.4, -0.2) is 31.7 Å². The van der Waals surface area contributed by atoms with Crippen LogP contribution in [0, 0.1) is 11.3 Å². The van der Waals surface area contributed by atoms with Crippen LogP contribution in [0.2, 0.25) is 0 Å². The summed E-state index contributed by atoms with van der Waals surface area (Å²) in [6.07, 6.45) is 0.926. The fourth-order valence-electron chi connectivity index (χ4n) is 1.48. The van der Waals surface area contributed by atoms with Gasteiger partial charge >= 0.3 is 0 Å². The Kier molecular flexibility index (Phi) is 4.11. The molecule has 0 radical (unpaired) electrons. The van der Waals surface area contributed by atoms with Crippen molar-refractivity contribution in [2.75, 3.05) is 19.8 Å². The number of hydrogen-bond acceptors (Lipinski definition) is 3. The molecule has 88 valence electrons. The number of hydrogen-bond donors (Lipinski definition) is 2. The fourth-order valence-corrected chi connectivity index (χ4v) is 1.48. The zero-order valence-electron chi connectivity index (χ0n) is 9.88. The summed E-state index contributed by atoms with van der Waals surface area (Å²) in [5.41, 5.74) is 5.93. The van der Waals surface area contributed by atoms with Crippen LogP contribution in [0.4, 0.5) is 0 Å². The van der Waals surface area contributed by atoms with E-state index in [0.29, 0.717) is 6.54 Å². The number of amides is 1. The van der Waals surface area contributed by atoms with Crippen LogP contribution < -0.4 is 11.1 Å². The lowest BCUT2D eigenvalue weighted by atomic mass is 9.88. The van der Waals surface area contributed by atoms with Crippen molar-refractivity contribution >= 4 is 5.91 Å². The number of nitrogens with two attached hydrogens (primary N) is 1. The molecule has 1 heterocycles. The predicted octanol–water partition coefficient (Wildman–Crippen LogP) is 0.513. The summed E-state index contributed by atoms with van der Waals surface area (Å²) in [4.78, 5) is 11.7. The van der Waals surface area contributed by atoms with E-state index in [1.807, 2.05) is 13.8 Å². The molecule has 0 saturated carbocycles. The third kappa shape index (κ3) is 3.18. The Labute approximate surface area is 91.5 Å². The molecular weight excluding hydrogens is 192 g/mol. The summed E-state index contributed by atoms with van der Waals surface area (Å²) in [5, 5.41) is 2.90. The molecule has 0 spiro atoms. The van der Waals surface area contributed by atoms with Gasteiger partial charge in [-0.05, 0) is 5.92 Å². The van der Waals surface area contributed by atoms with Crippen LogP contribution in [0.15, 0.2) is 0 Å². The smallest absolute Gasteiger partial charge is 0.237 e. The molecule has 1 rings (SSSR count). The van der Waals surface area contributed by atoms with Gasteiger partial charge in [-0.3, -0.25) is 4.79 Å². The molecule has 0 aromatic carbocycles. The van der Waals surface area contributed by atoms with Gasteiger partial charge in [-0.15, -0.1) is 0 Å². The molecule has 3 N–H and O–H groups in total. The van der Waals surface area contributed by atoms with Crippen LogP contribution in [0.5, 0.6) is 0 Å². The van der Waals surface area contributed by atoms with Gasteiger partial charge in [0.1, 0.15) is 0 Å². The quantitative estimate of drug-likeness (QED) is 0.701. The monoisotopic (exact) mass is 214 g/mol. The van der Waals surface area contributed by atoms with Crippen molar-refractivity contribution in [2.24, 2.45) is 17.1 Å². The normalized spacial score (nSPS) is 22.7. The van der Waals surface area contributed by atoms with Crippen LogP contribution in [-0.2, 0) is 9.53 Å². The van der Waals surface area contributed by atoms with Gasteiger partial charge in [0.25, 0.3) is 0 Å². The van der Waals surface area contributed by atoms with Crippen molar-refractivity contribution < 1.29 is 9.53 Å². The third-order valence-electron chi connectivity index (χ3n) is 3.15. The average Bonchev–Trinajstić information content (AvgIpc) is 2.20. The van der Waals surface area contributed by atoms with Crippen LogP contribution >= 0.6 is 0 Å². The molecule has 4 heteroatoms. The predicted molar refractivity (Wildman–Crippen MR) is 59.4 cm³/mol. The van der Waals surface area contributed by atoms with Crippen molar-refractivity contribution in [3.63, 3.8) is 0 Å². The van der Waals surface area contributed by atoms with Crippen molar-refractivity contribution in [3.05, 3.63) is 0 Å². The molecule has 0 aliphatic carbocycles. The summed E-state index contributed by atoms with van der Waals surface area (Å²) in [7, 11) is 0. The highest BCUT2D eigenvalue weighted by Gasteiger charge is 2.34. The van der Waals surface area contributed by atoms with Gasteiger partial charge < -0.3 is 15.8 Å². The fraction of sp³-hybridized carbons (Fsp3) is 0.909.